The molecule has 0 atom stereocenters. The summed E-state index contributed by atoms with van der Waals surface area (Å²) in [5.41, 5.74) is 10.8. The van der Waals surface area contributed by atoms with E-state index in [-0.39, 0.29) is 11.3 Å². The molecule has 3 nitrogen and oxygen atoms in total. The lowest BCUT2D eigenvalue weighted by molar-refractivity contribution is -0.116. The molecule has 0 heterocycles. The normalized spacial score (nSPS) is 18.6. The van der Waals surface area contributed by atoms with Gasteiger partial charge < -0.3 is 11.1 Å². The Labute approximate surface area is 166 Å². The molecular formula is C24H38N2O. The van der Waals surface area contributed by atoms with Crippen molar-refractivity contribution >= 4 is 5.91 Å². The van der Waals surface area contributed by atoms with Crippen molar-refractivity contribution in [3.8, 4) is 0 Å². The number of hydrogen-bond donors (Lipinski definition) is 2. The summed E-state index contributed by atoms with van der Waals surface area (Å²) in [5, 5.41) is 2.88. The Hall–Kier alpha value is -1.87. The predicted octanol–water partition coefficient (Wildman–Crippen LogP) is 5.37. The fraction of sp³-hybridized carbons (Fsp3) is 0.542. The summed E-state index contributed by atoms with van der Waals surface area (Å²) in [6.45, 7) is 12.3. The molecule has 0 bridgehead atoms. The molecule has 150 valence electrons. The molecule has 0 spiro atoms. The maximum absolute atomic E-state index is 11.8. The zero-order chi connectivity index (χ0) is 20.3. The average molecular weight is 371 g/mol. The van der Waals surface area contributed by atoms with Crippen molar-refractivity contribution in [2.45, 2.75) is 66.7 Å². The smallest absolute Gasteiger partial charge is 0.244 e. The highest BCUT2D eigenvalue weighted by Crippen LogP contribution is 2.40. The standard InChI is InChI=1S/C24H38N2O/c1-19(13-14-22-21(3)12-9-15-24(22,4)5)10-8-11-20(2)18-23(27)26-17-7-6-16-25/h8,10-11,13-14,18H,6-7,9,12,15-17,25H2,1-5H3,(H,26,27)/b11-8+,14-13+,19-10+,20-18+. The van der Waals surface area contributed by atoms with Crippen LogP contribution in [0.1, 0.15) is 66.7 Å². The molecule has 0 aromatic rings. The number of rotatable bonds is 9. The van der Waals surface area contributed by atoms with Crippen molar-refractivity contribution in [2.75, 3.05) is 13.1 Å². The molecule has 0 saturated heterocycles. The van der Waals surface area contributed by atoms with Crippen LogP contribution in [0.2, 0.25) is 0 Å². The molecule has 1 aliphatic carbocycles. The van der Waals surface area contributed by atoms with Gasteiger partial charge in [-0.1, -0.05) is 55.4 Å². The Morgan fingerprint density at radius 2 is 1.93 bits per heavy atom. The van der Waals surface area contributed by atoms with Gasteiger partial charge in [0.1, 0.15) is 0 Å². The van der Waals surface area contributed by atoms with E-state index in [4.69, 9.17) is 5.73 Å². The summed E-state index contributed by atoms with van der Waals surface area (Å²) in [4.78, 5) is 11.8. The third kappa shape index (κ3) is 9.05. The summed E-state index contributed by atoms with van der Waals surface area (Å²) in [7, 11) is 0. The molecule has 0 fully saturated rings. The highest BCUT2D eigenvalue weighted by molar-refractivity contribution is 5.88. The van der Waals surface area contributed by atoms with E-state index in [1.165, 1.54) is 36.0 Å². The Bertz CT molecular complexity index is 645. The van der Waals surface area contributed by atoms with Crippen LogP contribution < -0.4 is 11.1 Å². The first kappa shape index (κ1) is 23.2. The van der Waals surface area contributed by atoms with E-state index < -0.39 is 0 Å². The zero-order valence-electron chi connectivity index (χ0n) is 17.9. The van der Waals surface area contributed by atoms with Gasteiger partial charge in [-0.3, -0.25) is 4.79 Å². The molecular weight excluding hydrogens is 332 g/mol. The molecule has 1 aliphatic rings. The van der Waals surface area contributed by atoms with Crippen LogP contribution in [-0.2, 0) is 4.79 Å². The van der Waals surface area contributed by atoms with Crippen LogP contribution >= 0.6 is 0 Å². The number of carbonyl (C=O) groups excluding carboxylic acids is 1. The predicted molar refractivity (Wildman–Crippen MR) is 117 cm³/mol. The maximum Gasteiger partial charge on any atom is 0.244 e. The van der Waals surface area contributed by atoms with E-state index in [0.717, 1.165) is 18.4 Å². The largest absolute Gasteiger partial charge is 0.353 e. The summed E-state index contributed by atoms with van der Waals surface area (Å²) in [6, 6.07) is 0. The van der Waals surface area contributed by atoms with Crippen LogP contribution in [0.4, 0.5) is 0 Å². The van der Waals surface area contributed by atoms with Crippen LogP contribution in [-0.4, -0.2) is 19.0 Å². The quantitative estimate of drug-likeness (QED) is 0.325. The third-order valence-electron chi connectivity index (χ3n) is 5.06. The van der Waals surface area contributed by atoms with E-state index >= 15 is 0 Å². The first-order chi connectivity index (χ1) is 12.8. The molecule has 27 heavy (non-hydrogen) atoms. The fourth-order valence-electron chi connectivity index (χ4n) is 3.42. The number of amides is 1. The lowest BCUT2D eigenvalue weighted by atomic mass is 9.72. The second kappa shape index (κ2) is 11.8. The molecule has 0 saturated carbocycles. The van der Waals surface area contributed by atoms with Gasteiger partial charge in [0.15, 0.2) is 0 Å². The zero-order valence-corrected chi connectivity index (χ0v) is 17.9. The number of hydrogen-bond acceptors (Lipinski definition) is 2. The maximum atomic E-state index is 11.8. The number of allylic oxidation sites excluding steroid dienone is 9. The highest BCUT2D eigenvalue weighted by atomic mass is 16.1. The van der Waals surface area contributed by atoms with Gasteiger partial charge in [0.05, 0.1) is 0 Å². The molecule has 0 radical (unpaired) electrons. The minimum Gasteiger partial charge on any atom is -0.353 e. The van der Waals surface area contributed by atoms with Gasteiger partial charge in [0, 0.05) is 12.6 Å². The van der Waals surface area contributed by atoms with Gasteiger partial charge >= 0.3 is 0 Å². The van der Waals surface area contributed by atoms with Crippen LogP contribution in [0.15, 0.2) is 58.7 Å². The Kier molecular flexibility index (Phi) is 10.1. The van der Waals surface area contributed by atoms with E-state index in [1.807, 2.05) is 19.1 Å². The van der Waals surface area contributed by atoms with E-state index in [1.54, 1.807) is 6.08 Å². The number of nitrogens with one attached hydrogen (secondary N) is 1. The summed E-state index contributed by atoms with van der Waals surface area (Å²) < 4.78 is 0. The molecule has 1 amide bonds. The minimum atomic E-state index is -0.0447. The minimum absolute atomic E-state index is 0.0447. The van der Waals surface area contributed by atoms with Crippen LogP contribution in [0.25, 0.3) is 0 Å². The summed E-state index contributed by atoms with van der Waals surface area (Å²) in [5.74, 6) is -0.0447. The molecule has 3 N–H and O–H groups in total. The molecule has 1 rings (SSSR count). The van der Waals surface area contributed by atoms with Crippen LogP contribution in [0.5, 0.6) is 0 Å². The molecule has 0 aromatic carbocycles. The number of unbranched alkanes of at least 4 members (excludes halogenated alkanes) is 1. The number of carbonyl (C=O) groups is 1. The highest BCUT2D eigenvalue weighted by Gasteiger charge is 2.26. The lowest BCUT2D eigenvalue weighted by Crippen LogP contribution is -2.22. The topological polar surface area (TPSA) is 55.1 Å². The molecule has 0 aromatic heterocycles. The SMILES string of the molecule is CC1=C(/C=C/C(C)=C/C=C/C(C)=C/C(=O)NCCCCN)C(C)(C)CCC1. The van der Waals surface area contributed by atoms with E-state index in [2.05, 4.69) is 51.2 Å². The van der Waals surface area contributed by atoms with Crippen molar-refractivity contribution in [3.63, 3.8) is 0 Å². The first-order valence-corrected chi connectivity index (χ1v) is 10.2. The van der Waals surface area contributed by atoms with Gasteiger partial charge in [0.25, 0.3) is 0 Å². The fourth-order valence-corrected chi connectivity index (χ4v) is 3.42. The van der Waals surface area contributed by atoms with Gasteiger partial charge in [-0.25, -0.2) is 0 Å². The Balaban J connectivity index is 2.60. The van der Waals surface area contributed by atoms with E-state index in [9.17, 15) is 4.79 Å². The van der Waals surface area contributed by atoms with Crippen molar-refractivity contribution < 1.29 is 4.79 Å². The number of nitrogens with two attached hydrogens (primary N) is 1. The Morgan fingerprint density at radius 1 is 1.19 bits per heavy atom. The van der Waals surface area contributed by atoms with E-state index in [0.29, 0.717) is 13.1 Å². The van der Waals surface area contributed by atoms with Gasteiger partial charge in [-0.15, -0.1) is 0 Å². The molecule has 0 aliphatic heterocycles. The lowest BCUT2D eigenvalue weighted by Gasteiger charge is -2.32. The van der Waals surface area contributed by atoms with Crippen molar-refractivity contribution in [1.82, 2.24) is 5.32 Å². The van der Waals surface area contributed by atoms with Crippen LogP contribution in [0.3, 0.4) is 0 Å². The van der Waals surface area contributed by atoms with Crippen molar-refractivity contribution in [3.05, 3.63) is 58.7 Å². The third-order valence-corrected chi connectivity index (χ3v) is 5.06. The van der Waals surface area contributed by atoms with Crippen molar-refractivity contribution in [1.29, 1.82) is 0 Å². The van der Waals surface area contributed by atoms with Gasteiger partial charge in [-0.2, -0.15) is 0 Å². The van der Waals surface area contributed by atoms with Crippen molar-refractivity contribution in [2.24, 2.45) is 11.1 Å². The summed E-state index contributed by atoms with van der Waals surface area (Å²) in [6.07, 6.45) is 17.8. The Morgan fingerprint density at radius 3 is 2.59 bits per heavy atom. The molecule has 0 unspecified atom stereocenters. The second-order valence-electron chi connectivity index (χ2n) is 8.21. The molecule has 3 heteroatoms. The van der Waals surface area contributed by atoms with Gasteiger partial charge in [0.2, 0.25) is 5.91 Å². The summed E-state index contributed by atoms with van der Waals surface area (Å²) >= 11 is 0. The second-order valence-corrected chi connectivity index (χ2v) is 8.21. The first-order valence-electron chi connectivity index (χ1n) is 10.2. The van der Waals surface area contributed by atoms with Gasteiger partial charge in [-0.05, 0) is 76.0 Å². The van der Waals surface area contributed by atoms with Crippen LogP contribution in [0, 0.1) is 5.41 Å². The average Bonchev–Trinajstić information content (AvgIpc) is 2.57. The monoisotopic (exact) mass is 370 g/mol.